The molecule has 5 rings (SSSR count). The largest absolute Gasteiger partial charge is 0.497 e. The zero-order chi connectivity index (χ0) is 22.1. The van der Waals surface area contributed by atoms with Crippen LogP contribution in [0.3, 0.4) is 0 Å². The lowest BCUT2D eigenvalue weighted by molar-refractivity contribution is -0.117. The van der Waals surface area contributed by atoms with Crippen molar-refractivity contribution in [2.75, 3.05) is 12.4 Å². The number of amides is 1. The van der Waals surface area contributed by atoms with Crippen LogP contribution < -0.4 is 15.6 Å². The van der Waals surface area contributed by atoms with E-state index in [2.05, 4.69) is 15.5 Å². The Bertz CT molecular complexity index is 1500. The van der Waals surface area contributed by atoms with Crippen molar-refractivity contribution in [1.29, 1.82) is 0 Å². The minimum absolute atomic E-state index is 0.212. The molecular weight excluding hydrogens is 406 g/mol. The monoisotopic (exact) mass is 425 g/mol. The minimum atomic E-state index is -0.392. The lowest BCUT2D eigenvalue weighted by Crippen LogP contribution is -2.30. The molecule has 0 aliphatic rings. The van der Waals surface area contributed by atoms with Gasteiger partial charge < -0.3 is 10.1 Å². The highest BCUT2D eigenvalue weighted by Crippen LogP contribution is 2.27. The third kappa shape index (κ3) is 3.58. The maximum atomic E-state index is 13.0. The van der Waals surface area contributed by atoms with E-state index < -0.39 is 5.56 Å². The molecule has 0 aliphatic carbocycles. The molecule has 0 saturated heterocycles. The zero-order valence-corrected chi connectivity index (χ0v) is 17.2. The second-order valence-electron chi connectivity index (χ2n) is 7.26. The van der Waals surface area contributed by atoms with Gasteiger partial charge in [0.1, 0.15) is 24.1 Å². The molecule has 0 saturated carbocycles. The number of nitrogens with one attached hydrogen (secondary N) is 1. The number of anilines is 1. The van der Waals surface area contributed by atoms with Gasteiger partial charge in [0.05, 0.1) is 12.8 Å². The van der Waals surface area contributed by atoms with Crippen LogP contribution in [0, 0.1) is 0 Å². The first kappa shape index (κ1) is 19.5. The van der Waals surface area contributed by atoms with Gasteiger partial charge in [-0.05, 0) is 41.1 Å². The molecule has 1 N–H and O–H groups in total. The average Bonchev–Trinajstić information content (AvgIpc) is 3.26. The number of methoxy groups -OCH3 is 1. The quantitative estimate of drug-likeness (QED) is 0.466. The molecule has 2 heterocycles. The van der Waals surface area contributed by atoms with E-state index in [9.17, 15) is 9.59 Å². The van der Waals surface area contributed by atoms with Crippen LogP contribution in [-0.2, 0) is 11.3 Å². The van der Waals surface area contributed by atoms with Crippen LogP contribution in [0.1, 0.15) is 0 Å². The van der Waals surface area contributed by atoms with Crippen molar-refractivity contribution in [2.45, 2.75) is 6.54 Å². The van der Waals surface area contributed by atoms with Crippen molar-refractivity contribution in [3.8, 4) is 17.0 Å². The molecule has 0 aliphatic heterocycles. The summed E-state index contributed by atoms with van der Waals surface area (Å²) in [5, 5.41) is 13.5. The van der Waals surface area contributed by atoms with Crippen LogP contribution in [0.5, 0.6) is 5.75 Å². The molecule has 158 valence electrons. The number of hydrogen-bond acceptors (Lipinski definition) is 5. The Balaban J connectivity index is 1.44. The molecule has 3 aromatic carbocycles. The molecule has 0 radical (unpaired) electrons. The lowest BCUT2D eigenvalue weighted by atomic mass is 10.0. The van der Waals surface area contributed by atoms with Crippen LogP contribution in [0.2, 0.25) is 0 Å². The van der Waals surface area contributed by atoms with E-state index in [1.54, 1.807) is 37.4 Å². The maximum absolute atomic E-state index is 13.0. The zero-order valence-electron chi connectivity index (χ0n) is 17.2. The number of ether oxygens (including phenoxy) is 1. The summed E-state index contributed by atoms with van der Waals surface area (Å²) in [5.74, 6) is 0.331. The number of fused-ring (bicyclic) bond motifs is 2. The number of carbonyl (C=O) groups excluding carboxylic acids is 1. The molecule has 8 heteroatoms. The average molecular weight is 425 g/mol. The van der Waals surface area contributed by atoms with Gasteiger partial charge in [0.2, 0.25) is 5.91 Å². The molecule has 0 atom stereocenters. The standard InChI is InChI=1S/C24H19N5O3/c1-32-18-11-9-17(10-12-18)26-23(30)14-28-24(31)22-13-21(27-29(22)15-25-28)20-8-4-6-16-5-2-3-7-19(16)20/h2-13,15H,14H2,1H3,(H,26,30). The highest BCUT2D eigenvalue weighted by Gasteiger charge is 2.14. The first-order valence-electron chi connectivity index (χ1n) is 10.00. The van der Waals surface area contributed by atoms with Crippen molar-refractivity contribution < 1.29 is 9.53 Å². The van der Waals surface area contributed by atoms with E-state index in [1.807, 2.05) is 42.5 Å². The Morgan fingerprint density at radius 3 is 2.62 bits per heavy atom. The van der Waals surface area contributed by atoms with Crippen molar-refractivity contribution >= 4 is 27.9 Å². The molecule has 1 amide bonds. The minimum Gasteiger partial charge on any atom is -0.497 e. The number of aromatic nitrogens is 4. The summed E-state index contributed by atoms with van der Waals surface area (Å²) in [7, 11) is 1.57. The summed E-state index contributed by atoms with van der Waals surface area (Å²) in [6.07, 6.45) is 1.44. The van der Waals surface area contributed by atoms with Crippen molar-refractivity contribution in [2.24, 2.45) is 0 Å². The Labute approximate surface area is 182 Å². The van der Waals surface area contributed by atoms with Gasteiger partial charge in [-0.2, -0.15) is 10.2 Å². The predicted molar refractivity (Wildman–Crippen MR) is 122 cm³/mol. The summed E-state index contributed by atoms with van der Waals surface area (Å²) in [4.78, 5) is 25.4. The molecule has 32 heavy (non-hydrogen) atoms. The Hall–Kier alpha value is -4.46. The number of benzene rings is 3. The third-order valence-electron chi connectivity index (χ3n) is 5.22. The van der Waals surface area contributed by atoms with Crippen LogP contribution in [0.25, 0.3) is 27.5 Å². The fraction of sp³-hybridized carbons (Fsp3) is 0.0833. The highest BCUT2D eigenvalue weighted by atomic mass is 16.5. The normalized spacial score (nSPS) is 11.0. The summed E-state index contributed by atoms with van der Waals surface area (Å²) in [5.41, 5.74) is 2.15. The molecule has 0 fully saturated rings. The van der Waals surface area contributed by atoms with Crippen LogP contribution in [-0.4, -0.2) is 32.4 Å². The van der Waals surface area contributed by atoms with Gasteiger partial charge in [-0.1, -0.05) is 42.5 Å². The first-order chi connectivity index (χ1) is 15.6. The Morgan fingerprint density at radius 2 is 1.81 bits per heavy atom. The Morgan fingerprint density at radius 1 is 1.03 bits per heavy atom. The van der Waals surface area contributed by atoms with Crippen molar-refractivity contribution in [1.82, 2.24) is 19.4 Å². The van der Waals surface area contributed by atoms with Crippen LogP contribution in [0.4, 0.5) is 5.69 Å². The summed E-state index contributed by atoms with van der Waals surface area (Å²) in [6, 6.07) is 22.6. The fourth-order valence-corrected chi connectivity index (χ4v) is 3.64. The smallest absolute Gasteiger partial charge is 0.293 e. The van der Waals surface area contributed by atoms with E-state index >= 15 is 0 Å². The van der Waals surface area contributed by atoms with E-state index in [1.165, 1.54) is 10.8 Å². The third-order valence-corrected chi connectivity index (χ3v) is 5.22. The van der Waals surface area contributed by atoms with E-state index in [-0.39, 0.29) is 12.5 Å². The molecule has 5 aromatic rings. The highest BCUT2D eigenvalue weighted by molar-refractivity contribution is 5.96. The van der Waals surface area contributed by atoms with Crippen molar-refractivity contribution in [3.05, 3.63) is 89.5 Å². The molecule has 0 bridgehead atoms. The topological polar surface area (TPSA) is 90.5 Å². The summed E-state index contributed by atoms with van der Waals surface area (Å²) >= 11 is 0. The van der Waals surface area contributed by atoms with Gasteiger partial charge in [-0.15, -0.1) is 0 Å². The second-order valence-corrected chi connectivity index (χ2v) is 7.26. The molecule has 0 spiro atoms. The van der Waals surface area contributed by atoms with E-state index in [4.69, 9.17) is 4.74 Å². The van der Waals surface area contributed by atoms with E-state index in [0.29, 0.717) is 22.6 Å². The van der Waals surface area contributed by atoms with Crippen LogP contribution >= 0.6 is 0 Å². The second kappa shape index (κ2) is 7.99. The maximum Gasteiger partial charge on any atom is 0.293 e. The molecule has 2 aromatic heterocycles. The number of carbonyl (C=O) groups is 1. The van der Waals surface area contributed by atoms with Gasteiger partial charge in [0.15, 0.2) is 0 Å². The van der Waals surface area contributed by atoms with Gasteiger partial charge in [-0.25, -0.2) is 9.20 Å². The first-order valence-corrected chi connectivity index (χ1v) is 10.00. The molecular formula is C24H19N5O3. The van der Waals surface area contributed by atoms with Gasteiger partial charge in [0, 0.05) is 11.3 Å². The molecule has 8 nitrogen and oxygen atoms in total. The van der Waals surface area contributed by atoms with Gasteiger partial charge >= 0.3 is 0 Å². The van der Waals surface area contributed by atoms with Crippen LogP contribution in [0.15, 0.2) is 83.9 Å². The van der Waals surface area contributed by atoms with Crippen molar-refractivity contribution in [3.63, 3.8) is 0 Å². The van der Waals surface area contributed by atoms with E-state index in [0.717, 1.165) is 21.0 Å². The summed E-state index contributed by atoms with van der Waals surface area (Å²) in [6.45, 7) is -0.212. The number of rotatable bonds is 5. The SMILES string of the molecule is COc1ccc(NC(=O)Cn2ncn3nc(-c4cccc5ccccc45)cc3c2=O)cc1. The fourth-order valence-electron chi connectivity index (χ4n) is 3.64. The van der Waals surface area contributed by atoms with Gasteiger partial charge in [-0.3, -0.25) is 9.59 Å². The number of hydrogen-bond donors (Lipinski definition) is 1. The Kier molecular flexibility index (Phi) is 4.87. The van der Waals surface area contributed by atoms with Gasteiger partial charge in [0.25, 0.3) is 5.56 Å². The summed E-state index contributed by atoms with van der Waals surface area (Å²) < 4.78 is 7.68. The molecule has 0 unspecified atom stereocenters. The number of nitrogens with zero attached hydrogens (tertiary/aromatic N) is 4. The predicted octanol–water partition coefficient (Wildman–Crippen LogP) is 3.36. The lowest BCUT2D eigenvalue weighted by Gasteiger charge is -2.07.